The summed E-state index contributed by atoms with van der Waals surface area (Å²) in [7, 11) is 0. The summed E-state index contributed by atoms with van der Waals surface area (Å²) < 4.78 is 6.59. The van der Waals surface area contributed by atoms with E-state index in [4.69, 9.17) is 4.42 Å². The molecule has 1 heterocycles. The van der Waals surface area contributed by atoms with Gasteiger partial charge < -0.3 is 9.32 Å². The lowest BCUT2D eigenvalue weighted by Crippen LogP contribution is -2.10. The van der Waals surface area contributed by atoms with Gasteiger partial charge in [0.1, 0.15) is 11.2 Å². The molecule has 10 aromatic carbocycles. The minimum Gasteiger partial charge on any atom is -0.455 e. The molecule has 0 saturated carbocycles. The van der Waals surface area contributed by atoms with Crippen molar-refractivity contribution in [3.05, 3.63) is 212 Å². The maximum absolute atomic E-state index is 6.59. The molecule has 0 saturated heterocycles. The van der Waals surface area contributed by atoms with E-state index in [0.29, 0.717) is 0 Å². The Morgan fingerprint density at radius 3 is 1.46 bits per heavy atom. The first-order valence-corrected chi connectivity index (χ1v) is 19.2. The van der Waals surface area contributed by atoms with E-state index in [-0.39, 0.29) is 0 Å². The lowest BCUT2D eigenvalue weighted by Gasteiger charge is -2.27. The van der Waals surface area contributed by atoms with Crippen molar-refractivity contribution in [2.45, 2.75) is 0 Å². The number of rotatable bonds is 6. The van der Waals surface area contributed by atoms with E-state index < -0.39 is 0 Å². The standard InChI is InChI=1S/C54H35NO/c1-4-21-45-36(12-1)15-9-24-47(45)39-28-31-42(32-29-39)55(43-19-7-17-40(34-43)48-25-10-16-37-13-2-5-22-46(37)48)44-20-8-18-41(35-44)49-26-11-27-52-53(49)51-33-30-38-14-3-6-23-50(38)54(51)56-52/h1-35H. The van der Waals surface area contributed by atoms with Crippen LogP contribution in [0, 0.1) is 0 Å². The van der Waals surface area contributed by atoms with Crippen LogP contribution >= 0.6 is 0 Å². The highest BCUT2D eigenvalue weighted by atomic mass is 16.3. The van der Waals surface area contributed by atoms with Crippen molar-refractivity contribution in [1.82, 2.24) is 0 Å². The van der Waals surface area contributed by atoms with Crippen molar-refractivity contribution in [2.24, 2.45) is 0 Å². The van der Waals surface area contributed by atoms with Crippen molar-refractivity contribution < 1.29 is 4.42 Å². The number of nitrogens with zero attached hydrogens (tertiary/aromatic N) is 1. The smallest absolute Gasteiger partial charge is 0.143 e. The molecule has 11 rings (SSSR count). The molecule has 0 spiro atoms. The van der Waals surface area contributed by atoms with E-state index >= 15 is 0 Å². The predicted molar refractivity (Wildman–Crippen MR) is 237 cm³/mol. The first kappa shape index (κ1) is 32.0. The minimum atomic E-state index is 0.892. The molecule has 56 heavy (non-hydrogen) atoms. The van der Waals surface area contributed by atoms with Gasteiger partial charge in [-0.2, -0.15) is 0 Å². The number of anilines is 3. The molecule has 0 bridgehead atoms. The van der Waals surface area contributed by atoms with Crippen molar-refractivity contribution in [3.8, 4) is 33.4 Å². The van der Waals surface area contributed by atoms with Crippen LogP contribution in [-0.2, 0) is 0 Å². The summed E-state index contributed by atoms with van der Waals surface area (Å²) >= 11 is 0. The van der Waals surface area contributed by atoms with Gasteiger partial charge in [0, 0.05) is 33.2 Å². The zero-order chi connectivity index (χ0) is 37.0. The van der Waals surface area contributed by atoms with E-state index in [1.807, 2.05) is 0 Å². The second kappa shape index (κ2) is 13.2. The van der Waals surface area contributed by atoms with Crippen LogP contribution < -0.4 is 4.90 Å². The van der Waals surface area contributed by atoms with Gasteiger partial charge in [-0.25, -0.2) is 0 Å². The summed E-state index contributed by atoms with van der Waals surface area (Å²) in [5.74, 6) is 0. The van der Waals surface area contributed by atoms with Crippen LogP contribution in [0.25, 0.3) is 87.6 Å². The van der Waals surface area contributed by atoms with Gasteiger partial charge >= 0.3 is 0 Å². The molecule has 262 valence electrons. The fourth-order valence-corrected chi connectivity index (χ4v) is 8.61. The topological polar surface area (TPSA) is 16.4 Å². The number of hydrogen-bond acceptors (Lipinski definition) is 2. The Labute approximate surface area is 325 Å². The quantitative estimate of drug-likeness (QED) is 0.171. The van der Waals surface area contributed by atoms with Gasteiger partial charge in [-0.05, 0) is 109 Å². The van der Waals surface area contributed by atoms with Crippen LogP contribution in [0.2, 0.25) is 0 Å². The highest BCUT2D eigenvalue weighted by Crippen LogP contribution is 2.43. The number of hydrogen-bond donors (Lipinski definition) is 0. The Bertz CT molecular complexity index is 3250. The van der Waals surface area contributed by atoms with Crippen molar-refractivity contribution in [1.29, 1.82) is 0 Å². The molecular weight excluding hydrogens is 679 g/mol. The van der Waals surface area contributed by atoms with Crippen molar-refractivity contribution in [2.75, 3.05) is 4.90 Å². The van der Waals surface area contributed by atoms with E-state index in [2.05, 4.69) is 217 Å². The fourth-order valence-electron chi connectivity index (χ4n) is 8.61. The third-order valence-electron chi connectivity index (χ3n) is 11.2. The average Bonchev–Trinajstić information content (AvgIpc) is 3.66. The summed E-state index contributed by atoms with van der Waals surface area (Å²) in [5.41, 5.74) is 12.2. The van der Waals surface area contributed by atoms with E-state index in [1.54, 1.807) is 0 Å². The minimum absolute atomic E-state index is 0.892. The summed E-state index contributed by atoms with van der Waals surface area (Å²) in [5, 5.41) is 9.54. The van der Waals surface area contributed by atoms with Gasteiger partial charge in [0.25, 0.3) is 0 Å². The Morgan fingerprint density at radius 2 is 0.804 bits per heavy atom. The molecule has 0 aliphatic carbocycles. The Morgan fingerprint density at radius 1 is 0.304 bits per heavy atom. The zero-order valence-electron chi connectivity index (χ0n) is 30.6. The monoisotopic (exact) mass is 713 g/mol. The average molecular weight is 714 g/mol. The first-order chi connectivity index (χ1) is 27.8. The molecule has 1 aromatic heterocycles. The van der Waals surface area contributed by atoms with Crippen LogP contribution in [0.1, 0.15) is 0 Å². The summed E-state index contributed by atoms with van der Waals surface area (Å²) in [6, 6.07) is 76.5. The van der Waals surface area contributed by atoms with Crippen molar-refractivity contribution >= 4 is 71.3 Å². The van der Waals surface area contributed by atoms with Gasteiger partial charge in [-0.15, -0.1) is 0 Å². The molecule has 0 aliphatic heterocycles. The molecule has 0 N–H and O–H groups in total. The Kier molecular flexibility index (Phi) is 7.53. The first-order valence-electron chi connectivity index (χ1n) is 19.2. The van der Waals surface area contributed by atoms with Gasteiger partial charge in [-0.1, -0.05) is 164 Å². The van der Waals surface area contributed by atoms with Gasteiger partial charge in [0.15, 0.2) is 0 Å². The maximum atomic E-state index is 6.59. The number of fused-ring (bicyclic) bond motifs is 7. The third kappa shape index (κ3) is 5.34. The Hall–Kier alpha value is -7.42. The van der Waals surface area contributed by atoms with Crippen LogP contribution in [0.3, 0.4) is 0 Å². The normalized spacial score (nSPS) is 11.6. The molecule has 11 aromatic rings. The molecule has 0 aliphatic rings. The molecule has 0 fully saturated rings. The van der Waals surface area contributed by atoms with Crippen LogP contribution in [0.5, 0.6) is 0 Å². The van der Waals surface area contributed by atoms with Gasteiger partial charge in [-0.3, -0.25) is 0 Å². The van der Waals surface area contributed by atoms with Gasteiger partial charge in [0.2, 0.25) is 0 Å². The summed E-state index contributed by atoms with van der Waals surface area (Å²) in [4.78, 5) is 2.38. The molecule has 0 radical (unpaired) electrons. The van der Waals surface area contributed by atoms with Crippen LogP contribution in [0.4, 0.5) is 17.1 Å². The summed E-state index contributed by atoms with van der Waals surface area (Å²) in [6.07, 6.45) is 0. The number of benzene rings is 10. The highest BCUT2D eigenvalue weighted by molar-refractivity contribution is 6.19. The zero-order valence-corrected chi connectivity index (χ0v) is 30.6. The molecule has 2 nitrogen and oxygen atoms in total. The van der Waals surface area contributed by atoms with E-state index in [0.717, 1.165) is 55.5 Å². The van der Waals surface area contributed by atoms with E-state index in [9.17, 15) is 0 Å². The lowest BCUT2D eigenvalue weighted by molar-refractivity contribution is 0.673. The van der Waals surface area contributed by atoms with Gasteiger partial charge in [0.05, 0.1) is 0 Å². The molecular formula is C54H35NO. The summed E-state index contributed by atoms with van der Waals surface area (Å²) in [6.45, 7) is 0. The maximum Gasteiger partial charge on any atom is 0.143 e. The Balaban J connectivity index is 1.08. The SMILES string of the molecule is c1cc(-c2cccc3ccccc23)cc(N(c2ccc(-c3cccc4ccccc34)cc2)c2cccc(-c3cccc4oc5c6ccccc6ccc5c34)c2)c1. The number of furan rings is 1. The third-order valence-corrected chi connectivity index (χ3v) is 11.2. The van der Waals surface area contributed by atoms with E-state index in [1.165, 1.54) is 49.2 Å². The van der Waals surface area contributed by atoms with Crippen LogP contribution in [0.15, 0.2) is 217 Å². The predicted octanol–water partition coefficient (Wildman–Crippen LogP) is 15.5. The molecule has 0 amide bonds. The fraction of sp³-hybridized carbons (Fsp3) is 0. The highest BCUT2D eigenvalue weighted by Gasteiger charge is 2.18. The second-order valence-electron chi connectivity index (χ2n) is 14.5. The second-order valence-corrected chi connectivity index (χ2v) is 14.5. The largest absolute Gasteiger partial charge is 0.455 e. The lowest BCUT2D eigenvalue weighted by atomic mass is 9.96. The van der Waals surface area contributed by atoms with Crippen LogP contribution in [-0.4, -0.2) is 0 Å². The molecule has 0 atom stereocenters. The molecule has 0 unspecified atom stereocenters. The molecule has 2 heteroatoms. The van der Waals surface area contributed by atoms with Crippen molar-refractivity contribution in [3.63, 3.8) is 0 Å².